The summed E-state index contributed by atoms with van der Waals surface area (Å²) in [4.78, 5) is 13.3. The van der Waals surface area contributed by atoms with Gasteiger partial charge in [0.2, 0.25) is 0 Å². The highest BCUT2D eigenvalue weighted by atomic mass is 16.5. The molecule has 32 heavy (non-hydrogen) atoms. The highest BCUT2D eigenvalue weighted by molar-refractivity contribution is 5.77. The third-order valence-electron chi connectivity index (χ3n) is 5.91. The number of hydrogen-bond acceptors (Lipinski definition) is 3. The van der Waals surface area contributed by atoms with E-state index in [2.05, 4.69) is 10.6 Å². The van der Waals surface area contributed by atoms with E-state index in [9.17, 15) is 4.79 Å². The second kappa shape index (κ2) is 7.46. The zero-order valence-corrected chi connectivity index (χ0v) is 17.1. The molecule has 0 fully saturated rings. The maximum atomic E-state index is 13.3. The van der Waals surface area contributed by atoms with E-state index in [4.69, 9.17) is 9.47 Å². The molecule has 5 heteroatoms. The largest absolute Gasteiger partial charge is 0.457 e. The number of ether oxygens (including phenoxy) is 2. The SMILES string of the molecule is O=C(NC1c2ccccc2Oc2ccccc21)NC1c2ccccc2Oc2ccccc21. The molecule has 0 aromatic heterocycles. The van der Waals surface area contributed by atoms with Gasteiger partial charge in [-0.05, 0) is 24.3 Å². The second-order valence-corrected chi connectivity index (χ2v) is 7.84. The lowest BCUT2D eigenvalue weighted by Gasteiger charge is -2.31. The predicted octanol–water partition coefficient (Wildman–Crippen LogP) is 6.08. The monoisotopic (exact) mass is 420 g/mol. The van der Waals surface area contributed by atoms with Crippen LogP contribution in [-0.2, 0) is 0 Å². The average Bonchev–Trinajstić information content (AvgIpc) is 2.84. The van der Waals surface area contributed by atoms with Gasteiger partial charge in [-0.2, -0.15) is 0 Å². The molecule has 4 aromatic rings. The van der Waals surface area contributed by atoms with E-state index in [-0.39, 0.29) is 18.1 Å². The van der Waals surface area contributed by atoms with Crippen molar-refractivity contribution < 1.29 is 14.3 Å². The van der Waals surface area contributed by atoms with E-state index in [1.165, 1.54) is 0 Å². The quantitative estimate of drug-likeness (QED) is 0.413. The fourth-order valence-corrected chi connectivity index (χ4v) is 4.43. The first-order valence-electron chi connectivity index (χ1n) is 10.6. The molecule has 4 aromatic carbocycles. The molecule has 156 valence electrons. The van der Waals surface area contributed by atoms with Crippen LogP contribution in [0.15, 0.2) is 97.1 Å². The van der Waals surface area contributed by atoms with Crippen molar-refractivity contribution in [3.8, 4) is 23.0 Å². The first kappa shape index (κ1) is 18.5. The maximum Gasteiger partial charge on any atom is 0.316 e. The van der Waals surface area contributed by atoms with Crippen LogP contribution in [0.1, 0.15) is 34.3 Å². The van der Waals surface area contributed by atoms with Gasteiger partial charge in [-0.3, -0.25) is 0 Å². The van der Waals surface area contributed by atoms with E-state index < -0.39 is 0 Å². The lowest BCUT2D eigenvalue weighted by Crippen LogP contribution is -2.41. The van der Waals surface area contributed by atoms with Gasteiger partial charge in [-0.15, -0.1) is 0 Å². The number of urea groups is 1. The summed E-state index contributed by atoms with van der Waals surface area (Å²) in [6.07, 6.45) is 0. The summed E-state index contributed by atoms with van der Waals surface area (Å²) in [7, 11) is 0. The fourth-order valence-electron chi connectivity index (χ4n) is 4.43. The van der Waals surface area contributed by atoms with Gasteiger partial charge in [0, 0.05) is 22.3 Å². The van der Waals surface area contributed by atoms with Gasteiger partial charge in [0.05, 0.1) is 12.1 Å². The lowest BCUT2D eigenvalue weighted by atomic mass is 9.94. The summed E-state index contributed by atoms with van der Waals surface area (Å²) in [5, 5.41) is 6.34. The number of carbonyl (C=O) groups is 1. The van der Waals surface area contributed by atoms with E-state index in [0.717, 1.165) is 45.3 Å². The standard InChI is InChI=1S/C27H20N2O3/c30-27(28-25-17-9-1-5-13-21(17)31-22-14-6-2-10-18(22)25)29-26-19-11-3-7-15-23(19)32-24-16-8-4-12-20(24)26/h1-16,25-26H,(H2,28,29,30). The van der Waals surface area contributed by atoms with Crippen LogP contribution < -0.4 is 20.1 Å². The normalized spacial score (nSPS) is 14.0. The molecule has 2 heterocycles. The Morgan fingerprint density at radius 1 is 0.500 bits per heavy atom. The molecule has 2 amide bonds. The van der Waals surface area contributed by atoms with Crippen LogP contribution in [-0.4, -0.2) is 6.03 Å². The van der Waals surface area contributed by atoms with Crippen molar-refractivity contribution in [2.24, 2.45) is 0 Å². The minimum absolute atomic E-state index is 0.266. The number of benzene rings is 4. The molecule has 2 aliphatic heterocycles. The van der Waals surface area contributed by atoms with E-state index in [1.54, 1.807) is 0 Å². The van der Waals surface area contributed by atoms with Crippen LogP contribution in [0.25, 0.3) is 0 Å². The Balaban J connectivity index is 1.34. The lowest BCUT2D eigenvalue weighted by molar-refractivity contribution is 0.235. The van der Waals surface area contributed by atoms with Gasteiger partial charge in [0.25, 0.3) is 0 Å². The van der Waals surface area contributed by atoms with Crippen molar-refractivity contribution >= 4 is 6.03 Å². The minimum atomic E-state index is -0.318. The molecule has 5 nitrogen and oxygen atoms in total. The van der Waals surface area contributed by atoms with Crippen LogP contribution in [0.2, 0.25) is 0 Å². The summed E-state index contributed by atoms with van der Waals surface area (Å²) in [5.41, 5.74) is 3.70. The number of para-hydroxylation sites is 4. The molecular weight excluding hydrogens is 400 g/mol. The number of fused-ring (bicyclic) bond motifs is 4. The third kappa shape index (κ3) is 3.06. The predicted molar refractivity (Wildman–Crippen MR) is 121 cm³/mol. The first-order chi connectivity index (χ1) is 15.8. The average molecular weight is 420 g/mol. The number of rotatable bonds is 2. The van der Waals surface area contributed by atoms with Gasteiger partial charge >= 0.3 is 6.03 Å². The molecule has 0 spiro atoms. The molecule has 0 saturated carbocycles. The van der Waals surface area contributed by atoms with E-state index >= 15 is 0 Å². The Morgan fingerprint density at radius 2 is 0.781 bits per heavy atom. The van der Waals surface area contributed by atoms with Gasteiger partial charge < -0.3 is 20.1 Å². The first-order valence-corrected chi connectivity index (χ1v) is 10.6. The van der Waals surface area contributed by atoms with Crippen LogP contribution in [0.3, 0.4) is 0 Å². The van der Waals surface area contributed by atoms with Crippen LogP contribution in [0, 0.1) is 0 Å². The molecule has 2 N–H and O–H groups in total. The van der Waals surface area contributed by atoms with Gasteiger partial charge in [-0.25, -0.2) is 4.79 Å². The third-order valence-corrected chi connectivity index (χ3v) is 5.91. The fraction of sp³-hybridized carbons (Fsp3) is 0.0741. The van der Waals surface area contributed by atoms with Crippen molar-refractivity contribution in [3.05, 3.63) is 119 Å². The van der Waals surface area contributed by atoms with E-state index in [1.807, 2.05) is 97.1 Å². The van der Waals surface area contributed by atoms with Crippen molar-refractivity contribution in [1.82, 2.24) is 10.6 Å². The van der Waals surface area contributed by atoms with E-state index in [0.29, 0.717) is 0 Å². The van der Waals surface area contributed by atoms with Crippen LogP contribution >= 0.6 is 0 Å². The van der Waals surface area contributed by atoms with Crippen molar-refractivity contribution in [3.63, 3.8) is 0 Å². The molecular formula is C27H20N2O3. The number of carbonyl (C=O) groups excluding carboxylic acids is 1. The summed E-state index contributed by atoms with van der Waals surface area (Å²) in [5.74, 6) is 2.99. The molecule has 0 aliphatic carbocycles. The minimum Gasteiger partial charge on any atom is -0.457 e. The molecule has 0 saturated heterocycles. The summed E-state index contributed by atoms with van der Waals surface area (Å²) >= 11 is 0. The topological polar surface area (TPSA) is 59.6 Å². The van der Waals surface area contributed by atoms with Gasteiger partial charge in [-0.1, -0.05) is 72.8 Å². The number of nitrogens with one attached hydrogen (secondary N) is 2. The van der Waals surface area contributed by atoms with Crippen molar-refractivity contribution in [2.45, 2.75) is 12.1 Å². The summed E-state index contributed by atoms with van der Waals surface area (Å²) in [6, 6.07) is 30.2. The van der Waals surface area contributed by atoms with Gasteiger partial charge in [0.15, 0.2) is 0 Å². The number of amides is 2. The molecule has 6 rings (SSSR count). The van der Waals surface area contributed by atoms with Crippen molar-refractivity contribution in [2.75, 3.05) is 0 Å². The van der Waals surface area contributed by atoms with Crippen LogP contribution in [0.4, 0.5) is 4.79 Å². The molecule has 0 atom stereocenters. The zero-order valence-electron chi connectivity index (χ0n) is 17.1. The van der Waals surface area contributed by atoms with Gasteiger partial charge in [0.1, 0.15) is 23.0 Å². The maximum absolute atomic E-state index is 13.3. The number of hydrogen-bond donors (Lipinski definition) is 2. The Hall–Kier alpha value is -4.25. The highest BCUT2D eigenvalue weighted by Crippen LogP contribution is 2.44. The summed E-state index contributed by atoms with van der Waals surface area (Å²) in [6.45, 7) is 0. The van der Waals surface area contributed by atoms with Crippen LogP contribution in [0.5, 0.6) is 23.0 Å². The zero-order chi connectivity index (χ0) is 21.5. The molecule has 0 bridgehead atoms. The molecule has 2 aliphatic rings. The Morgan fingerprint density at radius 3 is 1.09 bits per heavy atom. The molecule has 0 unspecified atom stereocenters. The summed E-state index contributed by atoms with van der Waals surface area (Å²) < 4.78 is 12.1. The second-order valence-electron chi connectivity index (χ2n) is 7.84. The Kier molecular flexibility index (Phi) is 4.32. The smallest absolute Gasteiger partial charge is 0.316 e. The Bertz CT molecular complexity index is 1140. The molecule has 0 radical (unpaired) electrons. The highest BCUT2D eigenvalue weighted by Gasteiger charge is 2.31. The Labute approximate surface area is 185 Å². The van der Waals surface area contributed by atoms with Crippen molar-refractivity contribution in [1.29, 1.82) is 0 Å².